The molecule has 0 bridgehead atoms. The minimum atomic E-state index is -3.39. The van der Waals surface area contributed by atoms with Crippen molar-refractivity contribution in [3.05, 3.63) is 58.2 Å². The van der Waals surface area contributed by atoms with Crippen LogP contribution in [-0.4, -0.2) is 48.5 Å². The van der Waals surface area contributed by atoms with Gasteiger partial charge in [0.05, 0.1) is 17.5 Å². The Labute approximate surface area is 186 Å². The summed E-state index contributed by atoms with van der Waals surface area (Å²) in [5.41, 5.74) is 1.03. The van der Waals surface area contributed by atoms with E-state index in [1.807, 2.05) is 13.8 Å². The molecule has 1 aliphatic rings. The monoisotopic (exact) mass is 465 g/mol. The number of carbonyl (C=O) groups is 2. The molecule has 0 aliphatic carbocycles. The van der Waals surface area contributed by atoms with Gasteiger partial charge in [0.2, 0.25) is 0 Å². The van der Waals surface area contributed by atoms with Gasteiger partial charge in [0.15, 0.2) is 16.4 Å². The summed E-state index contributed by atoms with van der Waals surface area (Å²) in [4.78, 5) is 26.9. The number of hydrogen-bond acceptors (Lipinski definition) is 6. The van der Waals surface area contributed by atoms with Crippen LogP contribution in [0.1, 0.15) is 29.9 Å². The van der Waals surface area contributed by atoms with E-state index in [0.717, 1.165) is 5.41 Å². The predicted octanol–water partition coefficient (Wildman–Crippen LogP) is 3.00. The minimum Gasteiger partial charge on any atom is -0.452 e. The van der Waals surface area contributed by atoms with Crippen molar-refractivity contribution in [1.29, 1.82) is 0 Å². The highest BCUT2D eigenvalue weighted by atomic mass is 35.5. The van der Waals surface area contributed by atoms with Crippen molar-refractivity contribution in [3.63, 3.8) is 0 Å². The number of nitrogens with zero attached hydrogens (tertiary/aromatic N) is 3. The first-order valence-corrected chi connectivity index (χ1v) is 11.9. The lowest BCUT2D eigenvalue weighted by atomic mass is 10.2. The molecule has 10 heteroatoms. The number of esters is 1. The van der Waals surface area contributed by atoms with Crippen LogP contribution in [0.5, 0.6) is 0 Å². The highest BCUT2D eigenvalue weighted by molar-refractivity contribution is 7.94. The Morgan fingerprint density at radius 2 is 1.97 bits per heavy atom. The first kappa shape index (κ1) is 23.0. The number of amides is 1. The highest BCUT2D eigenvalue weighted by Gasteiger charge is 2.32. The van der Waals surface area contributed by atoms with E-state index in [1.54, 1.807) is 37.3 Å². The minimum absolute atomic E-state index is 0.115. The SMILES string of the molecule is Cc1nn(CC(C)C)c(Cl)c1C(=O)OCC(=O)N(c1ccccc1)C1C=CS(=O)(=O)C1. The van der Waals surface area contributed by atoms with Crippen molar-refractivity contribution in [2.45, 2.75) is 33.4 Å². The van der Waals surface area contributed by atoms with Crippen LogP contribution in [0.15, 0.2) is 41.8 Å². The molecule has 8 nitrogen and oxygen atoms in total. The van der Waals surface area contributed by atoms with E-state index >= 15 is 0 Å². The van der Waals surface area contributed by atoms with Crippen molar-refractivity contribution < 1.29 is 22.7 Å². The van der Waals surface area contributed by atoms with Crippen LogP contribution < -0.4 is 4.90 Å². The van der Waals surface area contributed by atoms with Gasteiger partial charge in [0.1, 0.15) is 10.7 Å². The van der Waals surface area contributed by atoms with Gasteiger partial charge in [-0.15, -0.1) is 0 Å². The number of hydrogen-bond donors (Lipinski definition) is 0. The van der Waals surface area contributed by atoms with E-state index in [2.05, 4.69) is 5.10 Å². The third-order valence-electron chi connectivity index (χ3n) is 4.68. The van der Waals surface area contributed by atoms with E-state index in [9.17, 15) is 18.0 Å². The van der Waals surface area contributed by atoms with Crippen LogP contribution in [0.2, 0.25) is 5.15 Å². The molecule has 2 aromatic rings. The molecule has 0 N–H and O–H groups in total. The third kappa shape index (κ3) is 5.34. The molecular weight excluding hydrogens is 442 g/mol. The number of aryl methyl sites for hydroxylation is 1. The molecule has 1 unspecified atom stereocenters. The maximum absolute atomic E-state index is 13.0. The predicted molar refractivity (Wildman–Crippen MR) is 118 cm³/mol. The maximum atomic E-state index is 13.0. The van der Waals surface area contributed by atoms with Crippen molar-refractivity contribution in [3.8, 4) is 0 Å². The summed E-state index contributed by atoms with van der Waals surface area (Å²) in [5.74, 6) is -1.25. The zero-order valence-corrected chi connectivity index (χ0v) is 19.1. The molecule has 2 heterocycles. The summed E-state index contributed by atoms with van der Waals surface area (Å²) in [6.45, 7) is 5.62. The largest absolute Gasteiger partial charge is 0.452 e. The molecule has 0 fully saturated rings. The molecule has 0 saturated carbocycles. The molecule has 0 spiro atoms. The fourth-order valence-corrected chi connectivity index (χ4v) is 4.94. The Bertz CT molecular complexity index is 1110. The number of rotatable bonds is 7. The lowest BCUT2D eigenvalue weighted by Crippen LogP contribution is -2.43. The highest BCUT2D eigenvalue weighted by Crippen LogP contribution is 2.24. The lowest BCUT2D eigenvalue weighted by molar-refractivity contribution is -0.121. The van der Waals surface area contributed by atoms with Crippen molar-refractivity contribution in [1.82, 2.24) is 9.78 Å². The van der Waals surface area contributed by atoms with Crippen LogP contribution in [0, 0.1) is 12.8 Å². The van der Waals surface area contributed by atoms with Gasteiger partial charge in [-0.3, -0.25) is 9.48 Å². The average Bonchev–Trinajstić information content (AvgIpc) is 3.18. The zero-order valence-electron chi connectivity index (χ0n) is 17.5. The lowest BCUT2D eigenvalue weighted by Gasteiger charge is -2.27. The number of carbonyl (C=O) groups excluding carboxylic acids is 2. The molecule has 3 rings (SSSR count). The Morgan fingerprint density at radius 3 is 2.55 bits per heavy atom. The summed E-state index contributed by atoms with van der Waals surface area (Å²) in [6.07, 6.45) is 1.46. The number of sulfone groups is 1. The number of halogens is 1. The number of anilines is 1. The topological polar surface area (TPSA) is 98.6 Å². The Kier molecular flexibility index (Phi) is 6.86. The average molecular weight is 466 g/mol. The van der Waals surface area contributed by atoms with E-state index in [0.29, 0.717) is 17.9 Å². The van der Waals surface area contributed by atoms with E-state index in [4.69, 9.17) is 16.3 Å². The van der Waals surface area contributed by atoms with Crippen LogP contribution >= 0.6 is 11.6 Å². The first-order valence-electron chi connectivity index (χ1n) is 9.77. The molecule has 0 saturated heterocycles. The molecule has 1 aromatic carbocycles. The van der Waals surface area contributed by atoms with E-state index in [1.165, 1.54) is 15.7 Å². The molecule has 166 valence electrons. The second-order valence-corrected chi connectivity index (χ2v) is 10.0. The van der Waals surface area contributed by atoms with Gasteiger partial charge in [-0.25, -0.2) is 13.2 Å². The molecule has 0 radical (unpaired) electrons. The summed E-state index contributed by atoms with van der Waals surface area (Å²) in [6, 6.07) is 7.96. The summed E-state index contributed by atoms with van der Waals surface area (Å²) in [7, 11) is -3.39. The summed E-state index contributed by atoms with van der Waals surface area (Å²) < 4.78 is 30.5. The number of aromatic nitrogens is 2. The van der Waals surface area contributed by atoms with Gasteiger partial charge in [0.25, 0.3) is 5.91 Å². The van der Waals surface area contributed by atoms with Crippen molar-refractivity contribution in [2.24, 2.45) is 5.92 Å². The Hall–Kier alpha value is -2.65. The van der Waals surface area contributed by atoms with E-state index < -0.39 is 34.4 Å². The van der Waals surface area contributed by atoms with Crippen LogP contribution in [0.4, 0.5) is 5.69 Å². The van der Waals surface area contributed by atoms with Crippen molar-refractivity contribution in [2.75, 3.05) is 17.3 Å². The van der Waals surface area contributed by atoms with Gasteiger partial charge in [-0.1, -0.05) is 43.6 Å². The van der Waals surface area contributed by atoms with Gasteiger partial charge in [-0.05, 0) is 31.1 Å². The molecular formula is C21H24ClN3O5S. The normalized spacial score (nSPS) is 17.1. The Balaban J connectivity index is 1.77. The second-order valence-electron chi connectivity index (χ2n) is 7.73. The van der Waals surface area contributed by atoms with Gasteiger partial charge >= 0.3 is 5.97 Å². The van der Waals surface area contributed by atoms with Gasteiger partial charge < -0.3 is 9.64 Å². The van der Waals surface area contributed by atoms with Crippen LogP contribution in [0.3, 0.4) is 0 Å². The van der Waals surface area contributed by atoms with Crippen LogP contribution in [0.25, 0.3) is 0 Å². The molecule has 1 atom stereocenters. The quantitative estimate of drug-likeness (QED) is 0.583. The first-order chi connectivity index (χ1) is 14.6. The zero-order chi connectivity index (χ0) is 22.8. The molecule has 1 amide bonds. The maximum Gasteiger partial charge on any atom is 0.343 e. The molecule has 1 aliphatic heterocycles. The smallest absolute Gasteiger partial charge is 0.343 e. The third-order valence-corrected chi connectivity index (χ3v) is 6.44. The summed E-state index contributed by atoms with van der Waals surface area (Å²) in [5, 5.41) is 5.53. The summed E-state index contributed by atoms with van der Waals surface area (Å²) >= 11 is 6.31. The van der Waals surface area contributed by atoms with Crippen molar-refractivity contribution >= 4 is 39.0 Å². The number of ether oxygens (including phenoxy) is 1. The standard InChI is InChI=1S/C21H24ClN3O5S/c1-14(2)11-24-20(22)19(15(3)23-24)21(27)30-12-18(26)25(16-7-5-4-6-8-16)17-9-10-31(28,29)13-17/h4-10,14,17H,11-13H2,1-3H3. The van der Waals surface area contributed by atoms with E-state index in [-0.39, 0.29) is 22.4 Å². The van der Waals surface area contributed by atoms with Gasteiger partial charge in [-0.2, -0.15) is 5.10 Å². The second kappa shape index (κ2) is 9.23. The Morgan fingerprint density at radius 1 is 1.29 bits per heavy atom. The van der Waals surface area contributed by atoms with Crippen LogP contribution in [-0.2, 0) is 25.9 Å². The number of benzene rings is 1. The number of para-hydroxylation sites is 1. The molecule has 1 aromatic heterocycles. The fraction of sp³-hybridized carbons (Fsp3) is 0.381. The molecule has 31 heavy (non-hydrogen) atoms. The van der Waals surface area contributed by atoms with Gasteiger partial charge in [0, 0.05) is 17.6 Å². The fourth-order valence-electron chi connectivity index (χ4n) is 3.35.